The van der Waals surface area contributed by atoms with E-state index in [4.69, 9.17) is 4.74 Å². The van der Waals surface area contributed by atoms with Crippen molar-refractivity contribution in [1.82, 2.24) is 4.57 Å². The van der Waals surface area contributed by atoms with E-state index in [1.165, 1.54) is 11.7 Å². The minimum Gasteiger partial charge on any atom is -0.494 e. The second-order valence-corrected chi connectivity index (χ2v) is 7.79. The van der Waals surface area contributed by atoms with Gasteiger partial charge in [0, 0.05) is 11.6 Å². The summed E-state index contributed by atoms with van der Waals surface area (Å²) in [7, 11) is 1.20. The molecule has 9 heteroatoms. The van der Waals surface area contributed by atoms with Crippen LogP contribution in [0, 0.1) is 11.6 Å². The average Bonchev–Trinajstić information content (AvgIpc) is 3.08. The smallest absolute Gasteiger partial charge is 0.325 e. The number of ether oxygens (including phenoxy) is 2. The Morgan fingerprint density at radius 1 is 1.16 bits per heavy atom. The highest BCUT2D eigenvalue weighted by Crippen LogP contribution is 2.23. The number of benzene rings is 2. The maximum atomic E-state index is 14.4. The molecule has 3 aromatic rings. The Labute approximate surface area is 181 Å². The van der Waals surface area contributed by atoms with E-state index >= 15 is 0 Å². The first kappa shape index (κ1) is 22.6. The third kappa shape index (κ3) is 5.55. The van der Waals surface area contributed by atoms with Crippen molar-refractivity contribution in [3.05, 3.63) is 58.4 Å². The van der Waals surface area contributed by atoms with Crippen LogP contribution in [0.3, 0.4) is 0 Å². The highest BCUT2D eigenvalue weighted by Gasteiger charge is 2.17. The number of rotatable bonds is 8. The van der Waals surface area contributed by atoms with Gasteiger partial charge in [-0.2, -0.15) is 4.99 Å². The summed E-state index contributed by atoms with van der Waals surface area (Å²) >= 11 is 0.908. The lowest BCUT2D eigenvalue weighted by Gasteiger charge is -2.06. The average molecular weight is 448 g/mol. The summed E-state index contributed by atoms with van der Waals surface area (Å²) in [4.78, 5) is 28.7. The quantitative estimate of drug-likeness (QED) is 0.377. The predicted octanol–water partition coefficient (Wildman–Crippen LogP) is 4.46. The zero-order chi connectivity index (χ0) is 22.4. The summed E-state index contributed by atoms with van der Waals surface area (Å²) in [6, 6.07) is 8.44. The number of fused-ring (bicyclic) bond motifs is 1. The molecule has 0 N–H and O–H groups in total. The molecule has 1 heterocycles. The molecular formula is C22H22F2N2O4S. The molecule has 0 bridgehead atoms. The minimum atomic E-state index is -0.855. The first-order chi connectivity index (χ1) is 14.9. The van der Waals surface area contributed by atoms with E-state index in [-0.39, 0.29) is 27.1 Å². The van der Waals surface area contributed by atoms with Crippen LogP contribution in [0.15, 0.2) is 41.4 Å². The van der Waals surface area contributed by atoms with Crippen molar-refractivity contribution < 1.29 is 27.8 Å². The van der Waals surface area contributed by atoms with Crippen LogP contribution in [0.25, 0.3) is 10.2 Å². The van der Waals surface area contributed by atoms with Crippen LogP contribution in [0.5, 0.6) is 5.75 Å². The Morgan fingerprint density at radius 3 is 2.71 bits per heavy atom. The summed E-state index contributed by atoms with van der Waals surface area (Å²) in [5.74, 6) is -2.32. The van der Waals surface area contributed by atoms with Gasteiger partial charge in [-0.05, 0) is 30.7 Å². The number of hydrogen-bond acceptors (Lipinski definition) is 5. The molecule has 0 unspecified atom stereocenters. The Hall–Kier alpha value is -3.07. The lowest BCUT2D eigenvalue weighted by Crippen LogP contribution is -2.23. The fraction of sp³-hybridized carbons (Fsp3) is 0.318. The highest BCUT2D eigenvalue weighted by atomic mass is 32.1. The Bertz CT molecular complexity index is 1170. The third-order valence-electron chi connectivity index (χ3n) is 4.50. The van der Waals surface area contributed by atoms with E-state index in [9.17, 15) is 18.4 Å². The van der Waals surface area contributed by atoms with Gasteiger partial charge in [-0.15, -0.1) is 0 Å². The SMILES string of the molecule is CCCCCOc1cccc(C(=O)N=c2sc3cc(F)cc(F)c3n2CC(=O)OC)c1. The van der Waals surface area contributed by atoms with Gasteiger partial charge in [0.1, 0.15) is 18.1 Å². The molecule has 0 aliphatic carbocycles. The third-order valence-corrected chi connectivity index (χ3v) is 5.53. The summed E-state index contributed by atoms with van der Waals surface area (Å²) < 4.78 is 39.8. The Morgan fingerprint density at radius 2 is 1.97 bits per heavy atom. The van der Waals surface area contributed by atoms with Crippen LogP contribution in [0.1, 0.15) is 36.5 Å². The van der Waals surface area contributed by atoms with Gasteiger partial charge >= 0.3 is 5.97 Å². The van der Waals surface area contributed by atoms with Gasteiger partial charge in [-0.25, -0.2) is 8.78 Å². The first-order valence-electron chi connectivity index (χ1n) is 9.80. The number of carbonyl (C=O) groups excluding carboxylic acids is 2. The molecule has 31 heavy (non-hydrogen) atoms. The van der Waals surface area contributed by atoms with Crippen LogP contribution < -0.4 is 9.54 Å². The van der Waals surface area contributed by atoms with E-state index in [2.05, 4.69) is 16.7 Å². The lowest BCUT2D eigenvalue weighted by molar-refractivity contribution is -0.141. The molecule has 3 rings (SSSR count). The van der Waals surface area contributed by atoms with Crippen LogP contribution in [0.4, 0.5) is 8.78 Å². The van der Waals surface area contributed by atoms with E-state index in [0.29, 0.717) is 18.4 Å². The van der Waals surface area contributed by atoms with E-state index < -0.39 is 23.5 Å². The van der Waals surface area contributed by atoms with Crippen LogP contribution >= 0.6 is 11.3 Å². The zero-order valence-corrected chi connectivity index (χ0v) is 18.0. The van der Waals surface area contributed by atoms with Crippen molar-refractivity contribution in [2.24, 2.45) is 4.99 Å². The fourth-order valence-corrected chi connectivity index (χ4v) is 4.03. The Balaban J connectivity index is 1.98. The second kappa shape index (κ2) is 10.3. The number of carbonyl (C=O) groups is 2. The number of nitrogens with zero attached hydrogens (tertiary/aromatic N) is 2. The van der Waals surface area contributed by atoms with Crippen molar-refractivity contribution in [1.29, 1.82) is 0 Å². The number of amides is 1. The van der Waals surface area contributed by atoms with Crippen molar-refractivity contribution in [3.8, 4) is 5.75 Å². The van der Waals surface area contributed by atoms with Crippen molar-refractivity contribution in [2.45, 2.75) is 32.7 Å². The van der Waals surface area contributed by atoms with E-state index in [1.807, 2.05) is 0 Å². The standard InChI is InChI=1S/C22H22F2N2O4S/c1-3-4-5-9-30-16-8-6-7-14(10-16)21(28)25-22-26(13-19(27)29-2)20-17(24)11-15(23)12-18(20)31-22/h6-8,10-12H,3-5,9,13H2,1-2H3. The zero-order valence-electron chi connectivity index (χ0n) is 17.2. The fourth-order valence-electron chi connectivity index (χ4n) is 2.97. The summed E-state index contributed by atoms with van der Waals surface area (Å²) in [5, 5.41) is 0. The van der Waals surface area contributed by atoms with Crippen LogP contribution in [-0.4, -0.2) is 30.2 Å². The largest absolute Gasteiger partial charge is 0.494 e. The molecule has 1 amide bonds. The normalized spacial score (nSPS) is 11.7. The van der Waals surface area contributed by atoms with E-state index in [0.717, 1.165) is 36.7 Å². The molecule has 0 atom stereocenters. The van der Waals surface area contributed by atoms with Crippen molar-refractivity contribution in [2.75, 3.05) is 13.7 Å². The van der Waals surface area contributed by atoms with Crippen molar-refractivity contribution in [3.63, 3.8) is 0 Å². The van der Waals surface area contributed by atoms with E-state index in [1.54, 1.807) is 24.3 Å². The monoisotopic (exact) mass is 448 g/mol. The van der Waals surface area contributed by atoms with Gasteiger partial charge in [0.25, 0.3) is 5.91 Å². The van der Waals surface area contributed by atoms with Gasteiger partial charge < -0.3 is 14.0 Å². The number of halogens is 2. The molecule has 0 spiro atoms. The molecule has 0 aliphatic heterocycles. The number of esters is 1. The lowest BCUT2D eigenvalue weighted by atomic mass is 10.2. The number of hydrogen-bond donors (Lipinski definition) is 0. The maximum Gasteiger partial charge on any atom is 0.325 e. The molecule has 2 aromatic carbocycles. The molecule has 0 fully saturated rings. The van der Waals surface area contributed by atoms with Crippen LogP contribution in [0.2, 0.25) is 0 Å². The van der Waals surface area contributed by atoms with Crippen LogP contribution in [-0.2, 0) is 16.1 Å². The number of thiazole rings is 1. The van der Waals surface area contributed by atoms with Gasteiger partial charge in [0.15, 0.2) is 10.6 Å². The van der Waals surface area contributed by atoms with Gasteiger partial charge in [0.2, 0.25) is 0 Å². The maximum absolute atomic E-state index is 14.4. The predicted molar refractivity (Wildman–Crippen MR) is 113 cm³/mol. The molecule has 164 valence electrons. The molecule has 0 saturated heterocycles. The molecule has 0 aliphatic rings. The van der Waals surface area contributed by atoms with Gasteiger partial charge in [-0.1, -0.05) is 37.2 Å². The number of unbranched alkanes of at least 4 members (excludes halogenated alkanes) is 2. The van der Waals surface area contributed by atoms with Gasteiger partial charge in [-0.3, -0.25) is 9.59 Å². The second-order valence-electron chi connectivity index (χ2n) is 6.78. The molecule has 0 saturated carbocycles. The summed E-state index contributed by atoms with van der Waals surface area (Å²) in [5.41, 5.74) is 0.262. The number of methoxy groups -OCH3 is 1. The first-order valence-corrected chi connectivity index (χ1v) is 10.6. The van der Waals surface area contributed by atoms with Crippen molar-refractivity contribution >= 4 is 33.4 Å². The number of aromatic nitrogens is 1. The highest BCUT2D eigenvalue weighted by molar-refractivity contribution is 7.16. The summed E-state index contributed by atoms with van der Waals surface area (Å²) in [6.45, 7) is 2.27. The molecule has 1 aromatic heterocycles. The van der Waals surface area contributed by atoms with Gasteiger partial charge in [0.05, 0.1) is 23.9 Å². The summed E-state index contributed by atoms with van der Waals surface area (Å²) in [6.07, 6.45) is 3.04. The molecule has 6 nitrogen and oxygen atoms in total. The Kier molecular flexibility index (Phi) is 7.51. The molecular weight excluding hydrogens is 426 g/mol. The topological polar surface area (TPSA) is 69.9 Å². The molecule has 0 radical (unpaired) electrons. The minimum absolute atomic E-state index is 0.0173.